The molecule has 0 spiro atoms. The fourth-order valence-corrected chi connectivity index (χ4v) is 3.65. The van der Waals surface area contributed by atoms with Crippen molar-refractivity contribution in [2.45, 2.75) is 56.2 Å². The van der Waals surface area contributed by atoms with E-state index in [9.17, 15) is 8.42 Å². The molecule has 1 aliphatic carbocycles. The molecule has 3 nitrogen and oxygen atoms in total. The highest BCUT2D eigenvalue weighted by atomic mass is 32.2. The first-order valence-corrected chi connectivity index (χ1v) is 9.39. The summed E-state index contributed by atoms with van der Waals surface area (Å²) in [7, 11) is -3.11. The molecule has 4 heteroatoms. The Morgan fingerprint density at radius 2 is 1.65 bits per heavy atom. The van der Waals surface area contributed by atoms with Gasteiger partial charge in [-0.3, -0.25) is 0 Å². The summed E-state index contributed by atoms with van der Waals surface area (Å²) in [5.41, 5.74) is 8.35. The smallest absolute Gasteiger partial charge is 0.151 e. The van der Waals surface area contributed by atoms with Gasteiger partial charge in [-0.2, -0.15) is 0 Å². The van der Waals surface area contributed by atoms with E-state index in [-0.39, 0.29) is 0 Å². The van der Waals surface area contributed by atoms with E-state index in [2.05, 4.69) is 12.1 Å². The highest BCUT2D eigenvalue weighted by Crippen LogP contribution is 2.33. The van der Waals surface area contributed by atoms with E-state index in [0.717, 1.165) is 5.56 Å². The number of benzene rings is 1. The van der Waals surface area contributed by atoms with E-state index in [0.29, 0.717) is 5.92 Å². The lowest BCUT2D eigenvalue weighted by molar-refractivity contribution is 0.443. The summed E-state index contributed by atoms with van der Waals surface area (Å²) in [5.74, 6) is 0.668. The molecule has 0 radical (unpaired) electrons. The fraction of sp³-hybridized carbons (Fsp3) is 0.625. The zero-order chi connectivity index (χ0) is 14.8. The lowest BCUT2D eigenvalue weighted by atomic mass is 9.83. The molecule has 112 valence electrons. The molecule has 1 aromatic rings. The van der Waals surface area contributed by atoms with Crippen LogP contribution in [-0.4, -0.2) is 19.9 Å². The largest absolute Gasteiger partial charge is 0.323 e. The average molecular weight is 295 g/mol. The van der Waals surface area contributed by atoms with Crippen molar-refractivity contribution in [3.63, 3.8) is 0 Å². The monoisotopic (exact) mass is 295 g/mol. The highest BCUT2D eigenvalue weighted by molar-refractivity contribution is 7.91. The van der Waals surface area contributed by atoms with Gasteiger partial charge in [0.1, 0.15) is 0 Å². The predicted molar refractivity (Wildman–Crippen MR) is 83.5 cm³/mol. The van der Waals surface area contributed by atoms with E-state index in [1.165, 1.54) is 43.9 Å². The summed E-state index contributed by atoms with van der Waals surface area (Å²) in [5, 5.41) is -0.553. The van der Waals surface area contributed by atoms with Crippen LogP contribution in [0.4, 0.5) is 0 Å². The van der Waals surface area contributed by atoms with Gasteiger partial charge < -0.3 is 5.73 Å². The quantitative estimate of drug-likeness (QED) is 0.928. The molecular weight excluding hydrogens is 270 g/mol. The number of nitrogens with two attached hydrogens (primary N) is 1. The van der Waals surface area contributed by atoms with E-state index < -0.39 is 21.1 Å². The maximum Gasteiger partial charge on any atom is 0.151 e. The number of hydrogen-bond acceptors (Lipinski definition) is 3. The molecule has 0 aromatic heterocycles. The summed E-state index contributed by atoms with van der Waals surface area (Å²) in [6.07, 6.45) is 7.77. The van der Waals surface area contributed by atoms with Crippen LogP contribution in [0.25, 0.3) is 0 Å². The van der Waals surface area contributed by atoms with Gasteiger partial charge in [-0.15, -0.1) is 0 Å². The molecule has 0 aliphatic heterocycles. The second-order valence-corrected chi connectivity index (χ2v) is 8.46. The molecule has 2 N–H and O–H groups in total. The van der Waals surface area contributed by atoms with Crippen molar-refractivity contribution < 1.29 is 8.42 Å². The van der Waals surface area contributed by atoms with Crippen LogP contribution < -0.4 is 5.73 Å². The van der Waals surface area contributed by atoms with Crippen LogP contribution >= 0.6 is 0 Å². The van der Waals surface area contributed by atoms with Gasteiger partial charge in [0.2, 0.25) is 0 Å². The van der Waals surface area contributed by atoms with Crippen LogP contribution in [0.15, 0.2) is 24.3 Å². The minimum atomic E-state index is -3.11. The van der Waals surface area contributed by atoms with E-state index >= 15 is 0 Å². The van der Waals surface area contributed by atoms with E-state index in [1.54, 1.807) is 6.92 Å². The Morgan fingerprint density at radius 1 is 1.10 bits per heavy atom. The summed E-state index contributed by atoms with van der Waals surface area (Å²) < 4.78 is 23.2. The molecule has 20 heavy (non-hydrogen) atoms. The molecule has 0 bridgehead atoms. The van der Waals surface area contributed by atoms with Crippen molar-refractivity contribution in [2.24, 2.45) is 5.73 Å². The third-order valence-corrected chi connectivity index (χ3v) is 6.22. The summed E-state index contributed by atoms with van der Waals surface area (Å²) in [4.78, 5) is 0. The topological polar surface area (TPSA) is 60.2 Å². The van der Waals surface area contributed by atoms with Gasteiger partial charge in [0.05, 0.1) is 5.25 Å². The minimum Gasteiger partial charge on any atom is -0.323 e. The SMILES string of the molecule is CC(C(N)c1ccc(C2CCCCC2)cc1)S(C)(=O)=O. The number of hydrogen-bond donors (Lipinski definition) is 1. The molecule has 2 rings (SSSR count). The zero-order valence-corrected chi connectivity index (χ0v) is 13.2. The molecule has 1 aromatic carbocycles. The van der Waals surface area contributed by atoms with Crippen molar-refractivity contribution in [3.8, 4) is 0 Å². The van der Waals surface area contributed by atoms with Gasteiger partial charge in [-0.25, -0.2) is 8.42 Å². The van der Waals surface area contributed by atoms with Crippen molar-refractivity contribution in [1.82, 2.24) is 0 Å². The second-order valence-electron chi connectivity index (χ2n) is 6.06. The summed E-state index contributed by atoms with van der Waals surface area (Å²) >= 11 is 0. The van der Waals surface area contributed by atoms with Gasteiger partial charge in [-0.1, -0.05) is 43.5 Å². The highest BCUT2D eigenvalue weighted by Gasteiger charge is 2.24. The Bertz CT molecular complexity index is 530. The Labute approximate surface area is 122 Å². The zero-order valence-electron chi connectivity index (χ0n) is 12.4. The Morgan fingerprint density at radius 3 is 2.15 bits per heavy atom. The lowest BCUT2D eigenvalue weighted by Crippen LogP contribution is -2.30. The normalized spacial score (nSPS) is 20.6. The van der Waals surface area contributed by atoms with Crippen LogP contribution in [0.1, 0.15) is 62.1 Å². The lowest BCUT2D eigenvalue weighted by Gasteiger charge is -2.23. The molecule has 0 heterocycles. The first-order valence-electron chi connectivity index (χ1n) is 7.44. The third kappa shape index (κ3) is 3.61. The Kier molecular flexibility index (Phi) is 4.86. The second kappa shape index (κ2) is 6.27. The number of rotatable bonds is 4. The van der Waals surface area contributed by atoms with Crippen LogP contribution in [0.3, 0.4) is 0 Å². The van der Waals surface area contributed by atoms with Crippen LogP contribution in [0.2, 0.25) is 0 Å². The number of sulfone groups is 1. The van der Waals surface area contributed by atoms with Crippen LogP contribution in [-0.2, 0) is 9.84 Å². The molecule has 1 fully saturated rings. The molecule has 0 amide bonds. The maximum atomic E-state index is 11.6. The Balaban J connectivity index is 2.11. The Hall–Kier alpha value is -0.870. The van der Waals surface area contributed by atoms with Gasteiger partial charge in [-0.05, 0) is 36.8 Å². The summed E-state index contributed by atoms with van der Waals surface area (Å²) in [6, 6.07) is 7.79. The summed E-state index contributed by atoms with van der Waals surface area (Å²) in [6.45, 7) is 1.68. The molecule has 1 aliphatic rings. The molecule has 1 saturated carbocycles. The van der Waals surface area contributed by atoms with Gasteiger partial charge in [0.25, 0.3) is 0 Å². The first kappa shape index (κ1) is 15.5. The average Bonchev–Trinajstić information content (AvgIpc) is 2.46. The van der Waals surface area contributed by atoms with Gasteiger partial charge >= 0.3 is 0 Å². The molecule has 2 unspecified atom stereocenters. The third-order valence-electron chi connectivity index (χ3n) is 4.58. The maximum absolute atomic E-state index is 11.6. The van der Waals surface area contributed by atoms with Crippen LogP contribution in [0, 0.1) is 0 Å². The van der Waals surface area contributed by atoms with Crippen molar-refractivity contribution in [1.29, 1.82) is 0 Å². The first-order chi connectivity index (χ1) is 9.39. The predicted octanol–water partition coefficient (Wildman–Crippen LogP) is 3.17. The van der Waals surface area contributed by atoms with Gasteiger partial charge in [0.15, 0.2) is 9.84 Å². The van der Waals surface area contributed by atoms with Crippen molar-refractivity contribution in [3.05, 3.63) is 35.4 Å². The molecule has 0 saturated heterocycles. The van der Waals surface area contributed by atoms with E-state index in [1.807, 2.05) is 12.1 Å². The van der Waals surface area contributed by atoms with E-state index in [4.69, 9.17) is 5.73 Å². The van der Waals surface area contributed by atoms with Crippen molar-refractivity contribution >= 4 is 9.84 Å². The molecular formula is C16H25NO2S. The standard InChI is InChI=1S/C16H25NO2S/c1-12(20(2,18)19)16(17)15-10-8-14(9-11-15)13-6-4-3-5-7-13/h8-13,16H,3-7,17H2,1-2H3. The minimum absolute atomic E-state index is 0.453. The van der Waals surface area contributed by atoms with Crippen molar-refractivity contribution in [2.75, 3.05) is 6.26 Å². The molecule has 2 atom stereocenters. The van der Waals surface area contributed by atoms with Crippen LogP contribution in [0.5, 0.6) is 0 Å². The fourth-order valence-electron chi connectivity index (χ4n) is 2.96. The van der Waals surface area contributed by atoms with Gasteiger partial charge in [0, 0.05) is 12.3 Å².